The number of hydrogen-bond acceptors (Lipinski definition) is 8. The Morgan fingerprint density at radius 1 is 1.17 bits per heavy atom. The van der Waals surface area contributed by atoms with Crippen LogP contribution in [0.4, 0.5) is 17.6 Å². The number of pyridine rings is 1. The summed E-state index contributed by atoms with van der Waals surface area (Å²) in [4.78, 5) is 20.7. The third kappa shape index (κ3) is 4.17. The van der Waals surface area contributed by atoms with Gasteiger partial charge in [0.1, 0.15) is 17.7 Å². The standard InChI is InChI=1S/C22H29N7O/c1-16-13-17(2)25-21(19(16)14-23)29-8-4-5-18(15-29)27(3)22-24-7-6-20(26-22)28-9-11-30-12-10-28/h6-7,13,18H,4-5,8-12,15H2,1-3H3. The average molecular weight is 408 g/mol. The smallest absolute Gasteiger partial charge is 0.227 e. The van der Waals surface area contributed by atoms with Crippen LogP contribution in [0, 0.1) is 25.2 Å². The van der Waals surface area contributed by atoms with Crippen molar-refractivity contribution in [3.63, 3.8) is 0 Å². The quantitative estimate of drug-likeness (QED) is 0.764. The molecule has 8 nitrogen and oxygen atoms in total. The summed E-state index contributed by atoms with van der Waals surface area (Å²) < 4.78 is 5.45. The van der Waals surface area contributed by atoms with Crippen molar-refractivity contribution in [2.45, 2.75) is 32.7 Å². The fourth-order valence-corrected chi connectivity index (χ4v) is 4.29. The van der Waals surface area contributed by atoms with Gasteiger partial charge in [-0.05, 0) is 44.4 Å². The highest BCUT2D eigenvalue weighted by atomic mass is 16.5. The lowest BCUT2D eigenvalue weighted by Crippen LogP contribution is -2.48. The van der Waals surface area contributed by atoms with Crippen LogP contribution < -0.4 is 14.7 Å². The second kappa shape index (κ2) is 8.84. The van der Waals surface area contributed by atoms with E-state index in [1.54, 1.807) is 0 Å². The molecule has 4 heterocycles. The Morgan fingerprint density at radius 3 is 2.73 bits per heavy atom. The number of aryl methyl sites for hydroxylation is 2. The molecule has 2 saturated heterocycles. The van der Waals surface area contributed by atoms with Gasteiger partial charge < -0.3 is 19.4 Å². The first-order valence-corrected chi connectivity index (χ1v) is 10.6. The van der Waals surface area contributed by atoms with Gasteiger partial charge in [0.15, 0.2) is 0 Å². The number of ether oxygens (including phenoxy) is 1. The molecule has 0 aliphatic carbocycles. The van der Waals surface area contributed by atoms with Crippen molar-refractivity contribution in [3.8, 4) is 6.07 Å². The van der Waals surface area contributed by atoms with Gasteiger partial charge in [-0.3, -0.25) is 0 Å². The molecule has 2 fully saturated rings. The molecule has 0 spiro atoms. The van der Waals surface area contributed by atoms with Crippen LogP contribution in [-0.2, 0) is 4.74 Å². The fraction of sp³-hybridized carbons (Fsp3) is 0.545. The molecule has 0 radical (unpaired) electrons. The number of anilines is 3. The summed E-state index contributed by atoms with van der Waals surface area (Å²) in [6.07, 6.45) is 3.94. The zero-order valence-corrected chi connectivity index (χ0v) is 18.0. The molecule has 0 amide bonds. The maximum absolute atomic E-state index is 9.67. The van der Waals surface area contributed by atoms with Crippen molar-refractivity contribution in [2.75, 3.05) is 61.1 Å². The molecule has 0 saturated carbocycles. The molecule has 8 heteroatoms. The van der Waals surface area contributed by atoms with E-state index in [0.717, 1.165) is 81.1 Å². The number of piperidine rings is 1. The van der Waals surface area contributed by atoms with E-state index in [1.807, 2.05) is 32.2 Å². The van der Waals surface area contributed by atoms with Gasteiger partial charge in [-0.15, -0.1) is 0 Å². The second-order valence-electron chi connectivity index (χ2n) is 8.06. The molecule has 2 aromatic heterocycles. The minimum absolute atomic E-state index is 0.257. The Labute approximate surface area is 178 Å². The summed E-state index contributed by atoms with van der Waals surface area (Å²) in [5.74, 6) is 2.49. The molecule has 4 rings (SSSR count). The van der Waals surface area contributed by atoms with Crippen molar-refractivity contribution in [2.24, 2.45) is 0 Å². The number of likely N-dealkylation sites (N-methyl/N-ethyl adjacent to an activating group) is 1. The van der Waals surface area contributed by atoms with Gasteiger partial charge >= 0.3 is 0 Å². The van der Waals surface area contributed by atoms with Crippen LogP contribution in [0.1, 0.15) is 29.7 Å². The predicted molar refractivity (Wildman–Crippen MR) is 117 cm³/mol. The minimum atomic E-state index is 0.257. The molecular formula is C22H29N7O. The van der Waals surface area contributed by atoms with Gasteiger partial charge in [0, 0.05) is 51.2 Å². The van der Waals surface area contributed by atoms with Crippen molar-refractivity contribution < 1.29 is 4.74 Å². The summed E-state index contributed by atoms with van der Waals surface area (Å²) in [5, 5.41) is 9.67. The Hall–Kier alpha value is -2.92. The molecule has 158 valence electrons. The molecule has 0 N–H and O–H groups in total. The molecule has 0 bridgehead atoms. The van der Waals surface area contributed by atoms with E-state index in [1.165, 1.54) is 0 Å². The summed E-state index contributed by atoms with van der Waals surface area (Å²) >= 11 is 0. The van der Waals surface area contributed by atoms with E-state index in [0.29, 0.717) is 5.56 Å². The lowest BCUT2D eigenvalue weighted by molar-refractivity contribution is 0.122. The summed E-state index contributed by atoms with van der Waals surface area (Å²) in [7, 11) is 2.06. The number of rotatable bonds is 4. The minimum Gasteiger partial charge on any atom is -0.378 e. The molecular weight excluding hydrogens is 378 g/mol. The van der Waals surface area contributed by atoms with Crippen LogP contribution in [0.25, 0.3) is 0 Å². The van der Waals surface area contributed by atoms with Crippen molar-refractivity contribution in [3.05, 3.63) is 35.2 Å². The second-order valence-corrected chi connectivity index (χ2v) is 8.06. The van der Waals surface area contributed by atoms with Crippen molar-refractivity contribution in [1.29, 1.82) is 5.26 Å². The molecule has 30 heavy (non-hydrogen) atoms. The summed E-state index contributed by atoms with van der Waals surface area (Å²) in [5.41, 5.74) is 2.60. The highest BCUT2D eigenvalue weighted by Crippen LogP contribution is 2.27. The van der Waals surface area contributed by atoms with E-state index in [-0.39, 0.29) is 6.04 Å². The lowest BCUT2D eigenvalue weighted by Gasteiger charge is -2.39. The molecule has 2 aliphatic rings. The van der Waals surface area contributed by atoms with E-state index >= 15 is 0 Å². The maximum atomic E-state index is 9.67. The van der Waals surface area contributed by atoms with E-state index in [9.17, 15) is 5.26 Å². The van der Waals surface area contributed by atoms with Crippen LogP contribution in [0.2, 0.25) is 0 Å². The first-order chi connectivity index (χ1) is 14.6. The predicted octanol–water partition coefficient (Wildman–Crippen LogP) is 2.30. The van der Waals surface area contributed by atoms with Gasteiger partial charge in [-0.1, -0.05) is 0 Å². The first kappa shape index (κ1) is 20.4. The van der Waals surface area contributed by atoms with Crippen LogP contribution in [-0.4, -0.2) is 67.4 Å². The Bertz CT molecular complexity index is 936. The molecule has 1 unspecified atom stereocenters. The lowest BCUT2D eigenvalue weighted by atomic mass is 10.0. The SMILES string of the molecule is Cc1cc(C)c(C#N)c(N2CCCC(N(C)c3nccc(N4CCOCC4)n3)C2)n1. The number of aromatic nitrogens is 3. The average Bonchev–Trinajstić information content (AvgIpc) is 2.79. The van der Waals surface area contributed by atoms with Gasteiger partial charge in [-0.2, -0.15) is 10.2 Å². The molecule has 2 aromatic rings. The maximum Gasteiger partial charge on any atom is 0.227 e. The molecule has 0 aromatic carbocycles. The largest absolute Gasteiger partial charge is 0.378 e. The Balaban J connectivity index is 1.53. The number of nitriles is 1. The molecule has 1 atom stereocenters. The van der Waals surface area contributed by atoms with Gasteiger partial charge in [0.25, 0.3) is 0 Å². The topological polar surface area (TPSA) is 81.4 Å². The Morgan fingerprint density at radius 2 is 1.97 bits per heavy atom. The summed E-state index contributed by atoms with van der Waals surface area (Å²) in [6.45, 7) is 8.84. The van der Waals surface area contributed by atoms with Crippen molar-refractivity contribution >= 4 is 17.6 Å². The summed E-state index contributed by atoms with van der Waals surface area (Å²) in [6, 6.07) is 6.55. The van der Waals surface area contributed by atoms with Crippen LogP contribution in [0.15, 0.2) is 18.3 Å². The normalized spacial score (nSPS) is 19.5. The highest BCUT2D eigenvalue weighted by molar-refractivity contribution is 5.58. The Kier molecular flexibility index (Phi) is 6.00. The molecule has 2 aliphatic heterocycles. The van der Waals surface area contributed by atoms with Gasteiger partial charge in [0.2, 0.25) is 5.95 Å². The zero-order valence-electron chi connectivity index (χ0n) is 18.0. The number of morpholine rings is 1. The third-order valence-corrected chi connectivity index (χ3v) is 5.96. The first-order valence-electron chi connectivity index (χ1n) is 10.6. The monoisotopic (exact) mass is 407 g/mol. The fourth-order valence-electron chi connectivity index (χ4n) is 4.29. The van der Waals surface area contributed by atoms with Crippen LogP contribution >= 0.6 is 0 Å². The third-order valence-electron chi connectivity index (χ3n) is 5.96. The van der Waals surface area contributed by atoms with Crippen LogP contribution in [0.3, 0.4) is 0 Å². The van der Waals surface area contributed by atoms with Crippen molar-refractivity contribution in [1.82, 2.24) is 15.0 Å². The number of hydrogen-bond donors (Lipinski definition) is 0. The van der Waals surface area contributed by atoms with E-state index in [2.05, 4.69) is 32.8 Å². The van der Waals surface area contributed by atoms with E-state index < -0.39 is 0 Å². The van der Waals surface area contributed by atoms with E-state index in [4.69, 9.17) is 14.7 Å². The highest BCUT2D eigenvalue weighted by Gasteiger charge is 2.28. The number of nitrogens with zero attached hydrogens (tertiary/aromatic N) is 7. The van der Waals surface area contributed by atoms with Gasteiger partial charge in [-0.25, -0.2) is 9.97 Å². The zero-order chi connectivity index (χ0) is 21.1. The van der Waals surface area contributed by atoms with Gasteiger partial charge in [0.05, 0.1) is 18.8 Å². The van der Waals surface area contributed by atoms with Crippen LogP contribution in [0.5, 0.6) is 0 Å².